The molecule has 1 aromatic heterocycles. The van der Waals surface area contributed by atoms with E-state index in [1.807, 2.05) is 50.2 Å². The molecule has 150 valence electrons. The highest BCUT2D eigenvalue weighted by Gasteiger charge is 2.39. The van der Waals surface area contributed by atoms with Gasteiger partial charge in [0, 0.05) is 23.1 Å². The fourth-order valence-corrected chi connectivity index (χ4v) is 3.49. The first-order chi connectivity index (χ1) is 14.4. The van der Waals surface area contributed by atoms with Crippen LogP contribution in [0.3, 0.4) is 0 Å². The van der Waals surface area contributed by atoms with Crippen LogP contribution in [0.25, 0.3) is 5.57 Å². The number of carbonyl (C=O) groups is 2. The molecule has 0 atom stereocenters. The SMILES string of the molecule is Cc1ccc(C2=C(Nc3ccc(C)c(Cl)c3)C(=O)N(Cc3ccncc3)C2=O)cc1. The number of amides is 2. The highest BCUT2D eigenvalue weighted by molar-refractivity contribution is 6.36. The fraction of sp³-hybridized carbons (Fsp3) is 0.125. The number of imide groups is 1. The molecule has 0 saturated carbocycles. The molecule has 0 aliphatic carbocycles. The van der Waals surface area contributed by atoms with E-state index in [-0.39, 0.29) is 24.1 Å². The lowest BCUT2D eigenvalue weighted by Gasteiger charge is -2.15. The summed E-state index contributed by atoms with van der Waals surface area (Å²) in [6.45, 7) is 4.06. The van der Waals surface area contributed by atoms with E-state index in [0.29, 0.717) is 21.8 Å². The normalized spacial score (nSPS) is 13.9. The summed E-state index contributed by atoms with van der Waals surface area (Å²) in [4.78, 5) is 31.8. The maximum Gasteiger partial charge on any atom is 0.278 e. The number of carbonyl (C=O) groups excluding carboxylic acids is 2. The summed E-state index contributed by atoms with van der Waals surface area (Å²) in [6.07, 6.45) is 3.28. The number of nitrogens with zero attached hydrogens (tertiary/aromatic N) is 2. The van der Waals surface area contributed by atoms with Gasteiger partial charge in [0.15, 0.2) is 0 Å². The van der Waals surface area contributed by atoms with E-state index in [4.69, 9.17) is 11.6 Å². The molecular formula is C24H20ClN3O2. The van der Waals surface area contributed by atoms with Crippen molar-refractivity contribution >= 4 is 34.7 Å². The molecule has 6 heteroatoms. The maximum atomic E-state index is 13.3. The minimum Gasteiger partial charge on any atom is -0.350 e. The maximum absolute atomic E-state index is 13.3. The summed E-state index contributed by atoms with van der Waals surface area (Å²) in [5, 5.41) is 3.72. The number of hydrogen-bond acceptors (Lipinski definition) is 4. The Morgan fingerprint density at radius 3 is 2.30 bits per heavy atom. The van der Waals surface area contributed by atoms with E-state index < -0.39 is 0 Å². The number of rotatable bonds is 5. The third-order valence-electron chi connectivity index (χ3n) is 5.04. The summed E-state index contributed by atoms with van der Waals surface area (Å²) in [5.41, 5.74) is 4.78. The first kappa shape index (κ1) is 19.9. The van der Waals surface area contributed by atoms with Gasteiger partial charge in [-0.3, -0.25) is 19.5 Å². The topological polar surface area (TPSA) is 62.3 Å². The number of halogens is 1. The number of anilines is 1. The Labute approximate surface area is 180 Å². The molecule has 0 unspecified atom stereocenters. The fourth-order valence-electron chi connectivity index (χ4n) is 3.31. The molecule has 30 heavy (non-hydrogen) atoms. The van der Waals surface area contributed by atoms with Gasteiger partial charge < -0.3 is 5.32 Å². The van der Waals surface area contributed by atoms with Crippen molar-refractivity contribution < 1.29 is 9.59 Å². The molecule has 0 radical (unpaired) electrons. The van der Waals surface area contributed by atoms with Crippen LogP contribution in [-0.2, 0) is 16.1 Å². The molecule has 0 spiro atoms. The Morgan fingerprint density at radius 2 is 1.63 bits per heavy atom. The van der Waals surface area contributed by atoms with Crippen LogP contribution in [0.4, 0.5) is 5.69 Å². The van der Waals surface area contributed by atoms with Gasteiger partial charge in [-0.1, -0.05) is 47.5 Å². The van der Waals surface area contributed by atoms with Crippen molar-refractivity contribution in [3.63, 3.8) is 0 Å². The van der Waals surface area contributed by atoms with Crippen molar-refractivity contribution in [2.24, 2.45) is 0 Å². The molecule has 0 bridgehead atoms. The first-order valence-corrected chi connectivity index (χ1v) is 9.91. The van der Waals surface area contributed by atoms with Crippen LogP contribution in [0.15, 0.2) is 72.7 Å². The van der Waals surface area contributed by atoms with Gasteiger partial charge >= 0.3 is 0 Å². The zero-order valence-electron chi connectivity index (χ0n) is 16.6. The predicted molar refractivity (Wildman–Crippen MR) is 118 cm³/mol. The minimum absolute atomic E-state index is 0.176. The Balaban J connectivity index is 1.75. The van der Waals surface area contributed by atoms with Crippen LogP contribution in [0.5, 0.6) is 0 Å². The second-order valence-corrected chi connectivity index (χ2v) is 7.66. The average Bonchev–Trinajstić information content (AvgIpc) is 2.96. The number of aromatic nitrogens is 1. The molecule has 3 aromatic rings. The lowest BCUT2D eigenvalue weighted by atomic mass is 10.0. The van der Waals surface area contributed by atoms with E-state index in [9.17, 15) is 9.59 Å². The third kappa shape index (κ3) is 3.84. The monoisotopic (exact) mass is 417 g/mol. The van der Waals surface area contributed by atoms with E-state index in [0.717, 1.165) is 16.7 Å². The van der Waals surface area contributed by atoms with Crippen molar-refractivity contribution in [3.8, 4) is 0 Å². The van der Waals surface area contributed by atoms with Crippen LogP contribution < -0.4 is 5.32 Å². The van der Waals surface area contributed by atoms with Crippen LogP contribution >= 0.6 is 11.6 Å². The number of hydrogen-bond donors (Lipinski definition) is 1. The van der Waals surface area contributed by atoms with Gasteiger partial charge in [-0.25, -0.2) is 0 Å². The van der Waals surface area contributed by atoms with E-state index in [1.54, 1.807) is 30.6 Å². The zero-order chi connectivity index (χ0) is 21.3. The summed E-state index contributed by atoms with van der Waals surface area (Å²) < 4.78 is 0. The molecule has 1 aliphatic rings. The predicted octanol–water partition coefficient (Wildman–Crippen LogP) is 4.74. The van der Waals surface area contributed by atoms with Gasteiger partial charge in [0.2, 0.25) is 0 Å². The molecule has 2 amide bonds. The lowest BCUT2D eigenvalue weighted by molar-refractivity contribution is -0.137. The minimum atomic E-state index is -0.371. The highest BCUT2D eigenvalue weighted by atomic mass is 35.5. The molecule has 4 rings (SSSR count). The Kier molecular flexibility index (Phi) is 5.38. The molecule has 2 heterocycles. The van der Waals surface area contributed by atoms with Gasteiger partial charge in [0.1, 0.15) is 5.70 Å². The Morgan fingerprint density at radius 1 is 0.933 bits per heavy atom. The zero-order valence-corrected chi connectivity index (χ0v) is 17.4. The van der Waals surface area contributed by atoms with Gasteiger partial charge in [-0.15, -0.1) is 0 Å². The standard InChI is InChI=1S/C24H20ClN3O2/c1-15-3-6-18(7-4-15)21-22(27-19-8-5-16(2)20(25)13-19)24(30)28(23(21)29)14-17-9-11-26-12-10-17/h3-13,27H,14H2,1-2H3. The third-order valence-corrected chi connectivity index (χ3v) is 5.45. The second kappa shape index (κ2) is 8.13. The van der Waals surface area contributed by atoms with Crippen molar-refractivity contribution in [1.82, 2.24) is 9.88 Å². The Bertz CT molecular complexity index is 1150. The molecular weight excluding hydrogens is 398 g/mol. The summed E-state index contributed by atoms with van der Waals surface area (Å²) in [5.74, 6) is -0.703. The van der Waals surface area contributed by atoms with Gasteiger partial charge in [-0.05, 0) is 54.8 Å². The van der Waals surface area contributed by atoms with Crippen LogP contribution in [-0.4, -0.2) is 21.7 Å². The second-order valence-electron chi connectivity index (χ2n) is 7.26. The lowest BCUT2D eigenvalue weighted by Crippen LogP contribution is -2.32. The first-order valence-electron chi connectivity index (χ1n) is 9.53. The van der Waals surface area contributed by atoms with E-state index >= 15 is 0 Å². The molecule has 0 fully saturated rings. The number of pyridine rings is 1. The van der Waals surface area contributed by atoms with Gasteiger partial charge in [0.05, 0.1) is 12.1 Å². The molecule has 5 nitrogen and oxygen atoms in total. The average molecular weight is 418 g/mol. The van der Waals surface area contributed by atoms with Crippen molar-refractivity contribution in [1.29, 1.82) is 0 Å². The highest BCUT2D eigenvalue weighted by Crippen LogP contribution is 2.32. The quantitative estimate of drug-likeness (QED) is 0.609. The largest absolute Gasteiger partial charge is 0.350 e. The Hall–Kier alpha value is -3.44. The number of benzene rings is 2. The van der Waals surface area contributed by atoms with Gasteiger partial charge in [0.25, 0.3) is 11.8 Å². The molecule has 0 saturated heterocycles. The summed E-state index contributed by atoms with van der Waals surface area (Å²) in [6, 6.07) is 16.6. The van der Waals surface area contributed by atoms with Crippen LogP contribution in [0, 0.1) is 13.8 Å². The van der Waals surface area contributed by atoms with Crippen LogP contribution in [0.1, 0.15) is 22.3 Å². The smallest absolute Gasteiger partial charge is 0.278 e. The number of aryl methyl sites for hydroxylation is 2. The number of nitrogens with one attached hydrogen (secondary N) is 1. The van der Waals surface area contributed by atoms with E-state index in [1.165, 1.54) is 4.90 Å². The van der Waals surface area contributed by atoms with E-state index in [2.05, 4.69) is 10.3 Å². The molecule has 2 aromatic carbocycles. The molecule has 1 N–H and O–H groups in total. The van der Waals surface area contributed by atoms with Gasteiger partial charge in [-0.2, -0.15) is 0 Å². The molecule has 1 aliphatic heterocycles. The van der Waals surface area contributed by atoms with Crippen molar-refractivity contribution in [2.75, 3.05) is 5.32 Å². The van der Waals surface area contributed by atoms with Crippen LogP contribution in [0.2, 0.25) is 5.02 Å². The van der Waals surface area contributed by atoms with Crippen molar-refractivity contribution in [3.05, 3.63) is 100.0 Å². The van der Waals surface area contributed by atoms with Crippen molar-refractivity contribution in [2.45, 2.75) is 20.4 Å². The summed E-state index contributed by atoms with van der Waals surface area (Å²) >= 11 is 6.25. The summed E-state index contributed by atoms with van der Waals surface area (Å²) in [7, 11) is 0.